The molecule has 0 atom stereocenters. The van der Waals surface area contributed by atoms with Crippen LogP contribution in [0, 0.1) is 0 Å². The molecule has 0 radical (unpaired) electrons. The lowest BCUT2D eigenvalue weighted by Gasteiger charge is -2.09. The Morgan fingerprint density at radius 3 is 2.75 bits per heavy atom. The summed E-state index contributed by atoms with van der Waals surface area (Å²) in [6.45, 7) is 2.24. The smallest absolute Gasteiger partial charge is 0.171 e. The number of amidine groups is 1. The van der Waals surface area contributed by atoms with E-state index in [1.807, 2.05) is 0 Å². The SMILES string of the molecule is COCCCOCCOc1ccc(/C(N)=N/O)c(Cl)c1. The molecule has 0 heterocycles. The molecule has 0 saturated heterocycles. The van der Waals surface area contributed by atoms with Crippen LogP contribution in [0.5, 0.6) is 5.75 Å². The van der Waals surface area contributed by atoms with Gasteiger partial charge in [-0.05, 0) is 24.6 Å². The molecule has 3 N–H and O–H groups in total. The number of oxime groups is 1. The predicted octanol–water partition coefficient (Wildman–Crippen LogP) is 1.87. The molecule has 1 aromatic carbocycles. The van der Waals surface area contributed by atoms with Gasteiger partial charge in [0.05, 0.1) is 11.6 Å². The van der Waals surface area contributed by atoms with Gasteiger partial charge in [0, 0.05) is 25.9 Å². The van der Waals surface area contributed by atoms with Crippen LogP contribution in [0.3, 0.4) is 0 Å². The monoisotopic (exact) mass is 302 g/mol. The number of hydrogen-bond acceptors (Lipinski definition) is 5. The summed E-state index contributed by atoms with van der Waals surface area (Å²) in [6, 6.07) is 4.94. The Bertz CT molecular complexity index is 440. The first-order valence-corrected chi connectivity index (χ1v) is 6.53. The van der Waals surface area contributed by atoms with Crippen LogP contribution in [-0.4, -0.2) is 44.6 Å². The van der Waals surface area contributed by atoms with Gasteiger partial charge in [-0.2, -0.15) is 0 Å². The topological polar surface area (TPSA) is 86.3 Å². The first-order chi connectivity index (χ1) is 9.69. The molecule has 0 aliphatic heterocycles. The van der Waals surface area contributed by atoms with Crippen molar-refractivity contribution in [3.63, 3.8) is 0 Å². The summed E-state index contributed by atoms with van der Waals surface area (Å²) >= 11 is 6.00. The van der Waals surface area contributed by atoms with Crippen LogP contribution >= 0.6 is 11.6 Å². The highest BCUT2D eigenvalue weighted by atomic mass is 35.5. The van der Waals surface area contributed by atoms with Gasteiger partial charge in [0.2, 0.25) is 0 Å². The minimum absolute atomic E-state index is 0.0389. The van der Waals surface area contributed by atoms with Crippen molar-refractivity contribution < 1.29 is 19.4 Å². The summed E-state index contributed by atoms with van der Waals surface area (Å²) in [6.07, 6.45) is 0.858. The van der Waals surface area contributed by atoms with Gasteiger partial charge in [-0.15, -0.1) is 0 Å². The zero-order valence-corrected chi connectivity index (χ0v) is 12.1. The molecule has 1 aromatic rings. The van der Waals surface area contributed by atoms with Crippen molar-refractivity contribution in [2.45, 2.75) is 6.42 Å². The van der Waals surface area contributed by atoms with Crippen LogP contribution in [0.15, 0.2) is 23.4 Å². The molecular formula is C13H19ClN2O4. The Hall–Kier alpha value is -1.50. The number of nitrogens with zero attached hydrogens (tertiary/aromatic N) is 1. The highest BCUT2D eigenvalue weighted by molar-refractivity contribution is 6.34. The number of methoxy groups -OCH3 is 1. The lowest BCUT2D eigenvalue weighted by Crippen LogP contribution is -2.14. The van der Waals surface area contributed by atoms with Crippen molar-refractivity contribution in [3.8, 4) is 5.75 Å². The third kappa shape index (κ3) is 5.64. The average Bonchev–Trinajstić information content (AvgIpc) is 2.45. The molecule has 0 aromatic heterocycles. The largest absolute Gasteiger partial charge is 0.491 e. The van der Waals surface area contributed by atoms with Crippen LogP contribution in [-0.2, 0) is 9.47 Å². The van der Waals surface area contributed by atoms with Crippen molar-refractivity contribution in [3.05, 3.63) is 28.8 Å². The Kier molecular flexibility index (Phi) is 7.79. The van der Waals surface area contributed by atoms with Crippen molar-refractivity contribution in [2.24, 2.45) is 10.9 Å². The quantitative estimate of drug-likeness (QED) is 0.239. The van der Waals surface area contributed by atoms with Gasteiger partial charge in [0.1, 0.15) is 12.4 Å². The van der Waals surface area contributed by atoms with Gasteiger partial charge in [-0.25, -0.2) is 0 Å². The second-order valence-electron chi connectivity index (χ2n) is 3.93. The molecule has 1 rings (SSSR count). The molecular weight excluding hydrogens is 284 g/mol. The highest BCUT2D eigenvalue weighted by Gasteiger charge is 2.06. The van der Waals surface area contributed by atoms with E-state index in [-0.39, 0.29) is 5.84 Å². The fourth-order valence-electron chi connectivity index (χ4n) is 1.47. The molecule has 0 spiro atoms. The van der Waals surface area contributed by atoms with Gasteiger partial charge in [-0.1, -0.05) is 16.8 Å². The maximum atomic E-state index is 8.59. The number of halogens is 1. The standard InChI is InChI=1S/C13H19ClN2O4/c1-18-5-2-6-19-7-8-20-10-3-4-11(12(14)9-10)13(15)16-17/h3-4,9,17H,2,5-8H2,1H3,(H2,15,16). The Balaban J connectivity index is 2.33. The zero-order chi connectivity index (χ0) is 14.8. The van der Waals surface area contributed by atoms with E-state index in [1.165, 1.54) is 0 Å². The molecule has 0 fully saturated rings. The maximum Gasteiger partial charge on any atom is 0.171 e. The molecule has 0 aliphatic carbocycles. The van der Waals surface area contributed by atoms with E-state index in [1.54, 1.807) is 25.3 Å². The van der Waals surface area contributed by atoms with Gasteiger partial charge >= 0.3 is 0 Å². The lowest BCUT2D eigenvalue weighted by molar-refractivity contribution is 0.0806. The second kappa shape index (κ2) is 9.41. The number of hydrogen-bond donors (Lipinski definition) is 2. The first kappa shape index (κ1) is 16.6. The van der Waals surface area contributed by atoms with E-state index in [0.717, 1.165) is 6.42 Å². The molecule has 112 valence electrons. The molecule has 7 heteroatoms. The average molecular weight is 303 g/mol. The molecule has 20 heavy (non-hydrogen) atoms. The molecule has 0 aliphatic rings. The van der Waals surface area contributed by atoms with Crippen molar-refractivity contribution in [1.82, 2.24) is 0 Å². The number of rotatable bonds is 9. The first-order valence-electron chi connectivity index (χ1n) is 6.16. The van der Waals surface area contributed by atoms with Crippen LogP contribution in [0.1, 0.15) is 12.0 Å². The van der Waals surface area contributed by atoms with Crippen LogP contribution in [0.4, 0.5) is 0 Å². The number of nitrogens with two attached hydrogens (primary N) is 1. The summed E-state index contributed by atoms with van der Waals surface area (Å²) in [5.41, 5.74) is 5.93. The Morgan fingerprint density at radius 1 is 1.30 bits per heavy atom. The summed E-state index contributed by atoms with van der Waals surface area (Å²) in [5.74, 6) is 0.563. The van der Waals surface area contributed by atoms with E-state index in [4.69, 9.17) is 36.8 Å². The fraction of sp³-hybridized carbons (Fsp3) is 0.462. The molecule has 0 saturated carbocycles. The summed E-state index contributed by atoms with van der Waals surface area (Å²) in [5, 5.41) is 11.9. The van der Waals surface area contributed by atoms with Crippen molar-refractivity contribution >= 4 is 17.4 Å². The van der Waals surface area contributed by atoms with Crippen LogP contribution < -0.4 is 10.5 Å². The lowest BCUT2D eigenvalue weighted by atomic mass is 10.2. The van der Waals surface area contributed by atoms with E-state index < -0.39 is 0 Å². The van der Waals surface area contributed by atoms with Crippen LogP contribution in [0.25, 0.3) is 0 Å². The van der Waals surface area contributed by atoms with Gasteiger partial charge in [-0.3, -0.25) is 0 Å². The summed E-state index contributed by atoms with van der Waals surface area (Å²) in [7, 11) is 1.66. The van der Waals surface area contributed by atoms with Gasteiger partial charge in [0.25, 0.3) is 0 Å². The van der Waals surface area contributed by atoms with Crippen molar-refractivity contribution in [2.75, 3.05) is 33.5 Å². The molecule has 0 bridgehead atoms. The van der Waals surface area contributed by atoms with Gasteiger partial charge in [0.15, 0.2) is 5.84 Å². The van der Waals surface area contributed by atoms with E-state index in [9.17, 15) is 0 Å². The zero-order valence-electron chi connectivity index (χ0n) is 11.3. The highest BCUT2D eigenvalue weighted by Crippen LogP contribution is 2.22. The van der Waals surface area contributed by atoms with E-state index in [0.29, 0.717) is 42.8 Å². The van der Waals surface area contributed by atoms with E-state index in [2.05, 4.69) is 5.16 Å². The molecule has 6 nitrogen and oxygen atoms in total. The fourth-order valence-corrected chi connectivity index (χ4v) is 1.74. The minimum atomic E-state index is -0.0389. The summed E-state index contributed by atoms with van der Waals surface area (Å²) < 4.78 is 15.7. The number of ether oxygens (including phenoxy) is 3. The third-order valence-electron chi connectivity index (χ3n) is 2.46. The predicted molar refractivity (Wildman–Crippen MR) is 76.8 cm³/mol. The summed E-state index contributed by atoms with van der Waals surface area (Å²) in [4.78, 5) is 0. The third-order valence-corrected chi connectivity index (χ3v) is 2.77. The maximum absolute atomic E-state index is 8.59. The number of benzene rings is 1. The minimum Gasteiger partial charge on any atom is -0.491 e. The van der Waals surface area contributed by atoms with Gasteiger partial charge < -0.3 is 25.2 Å². The molecule has 0 amide bonds. The van der Waals surface area contributed by atoms with Crippen molar-refractivity contribution in [1.29, 1.82) is 0 Å². The van der Waals surface area contributed by atoms with E-state index >= 15 is 0 Å². The van der Waals surface area contributed by atoms with Crippen LogP contribution in [0.2, 0.25) is 5.02 Å². The Labute approximate surface area is 123 Å². The normalized spacial score (nSPS) is 11.6. The Morgan fingerprint density at radius 2 is 2.10 bits per heavy atom. The second-order valence-corrected chi connectivity index (χ2v) is 4.34. The molecule has 0 unspecified atom stereocenters.